The largest absolute Gasteiger partial charge is 0.353 e. The van der Waals surface area contributed by atoms with Crippen LogP contribution in [0.4, 0.5) is 0 Å². The van der Waals surface area contributed by atoms with E-state index < -0.39 is 0 Å². The van der Waals surface area contributed by atoms with Gasteiger partial charge < -0.3 is 15.5 Å². The van der Waals surface area contributed by atoms with E-state index in [2.05, 4.69) is 29.5 Å². The van der Waals surface area contributed by atoms with E-state index in [1.807, 2.05) is 0 Å². The molecule has 110 valence electrons. The minimum Gasteiger partial charge on any atom is -0.353 e. The molecule has 1 amide bonds. The Morgan fingerprint density at radius 3 is 2.74 bits per heavy atom. The maximum Gasteiger partial charge on any atom is 0.237 e. The Balaban J connectivity index is 1.63. The molecule has 0 aromatic carbocycles. The van der Waals surface area contributed by atoms with Gasteiger partial charge in [-0.3, -0.25) is 4.79 Å². The SMILES string of the molecule is CC1CCNC(C(=O)NCCN(C)C2CCCC2)C1. The van der Waals surface area contributed by atoms with Crippen molar-refractivity contribution in [3.63, 3.8) is 0 Å². The summed E-state index contributed by atoms with van der Waals surface area (Å²) in [6, 6.07) is 0.769. The number of carbonyl (C=O) groups is 1. The molecule has 2 aliphatic rings. The van der Waals surface area contributed by atoms with Crippen molar-refractivity contribution in [3.05, 3.63) is 0 Å². The van der Waals surface area contributed by atoms with Crippen molar-refractivity contribution in [1.82, 2.24) is 15.5 Å². The van der Waals surface area contributed by atoms with Crippen LogP contribution in [0.5, 0.6) is 0 Å². The van der Waals surface area contributed by atoms with Crippen molar-refractivity contribution in [2.45, 2.75) is 57.5 Å². The molecule has 0 spiro atoms. The number of nitrogens with zero attached hydrogens (tertiary/aromatic N) is 1. The highest BCUT2D eigenvalue weighted by atomic mass is 16.2. The van der Waals surface area contributed by atoms with Crippen LogP contribution >= 0.6 is 0 Å². The molecule has 2 rings (SSSR count). The Kier molecular flexibility index (Phi) is 5.64. The summed E-state index contributed by atoms with van der Waals surface area (Å²) in [5.74, 6) is 0.851. The first-order valence-electron chi connectivity index (χ1n) is 7.88. The summed E-state index contributed by atoms with van der Waals surface area (Å²) in [7, 11) is 2.18. The number of likely N-dealkylation sites (N-methyl/N-ethyl adjacent to an activating group) is 1. The number of amides is 1. The third kappa shape index (κ3) is 4.46. The van der Waals surface area contributed by atoms with E-state index in [4.69, 9.17) is 0 Å². The van der Waals surface area contributed by atoms with Gasteiger partial charge in [-0.25, -0.2) is 0 Å². The molecular formula is C15H29N3O. The summed E-state index contributed by atoms with van der Waals surface area (Å²) in [6.07, 6.45) is 7.55. The summed E-state index contributed by atoms with van der Waals surface area (Å²) in [4.78, 5) is 14.5. The van der Waals surface area contributed by atoms with E-state index in [9.17, 15) is 4.79 Å². The maximum absolute atomic E-state index is 12.1. The normalized spacial score (nSPS) is 28.8. The lowest BCUT2D eigenvalue weighted by molar-refractivity contribution is -0.124. The monoisotopic (exact) mass is 267 g/mol. The Bertz CT molecular complexity index is 289. The van der Waals surface area contributed by atoms with Gasteiger partial charge in [0.15, 0.2) is 0 Å². The number of piperidine rings is 1. The zero-order chi connectivity index (χ0) is 13.7. The molecule has 0 radical (unpaired) electrons. The highest BCUT2D eigenvalue weighted by molar-refractivity contribution is 5.81. The van der Waals surface area contributed by atoms with E-state index in [1.165, 1.54) is 32.1 Å². The van der Waals surface area contributed by atoms with E-state index >= 15 is 0 Å². The van der Waals surface area contributed by atoms with Crippen LogP contribution in [0.1, 0.15) is 45.4 Å². The van der Waals surface area contributed by atoms with Crippen LogP contribution in [0.15, 0.2) is 0 Å². The molecule has 2 atom stereocenters. The average molecular weight is 267 g/mol. The summed E-state index contributed by atoms with van der Waals surface area (Å²) in [6.45, 7) is 4.95. The van der Waals surface area contributed by atoms with Gasteiger partial charge in [0.1, 0.15) is 0 Å². The highest BCUT2D eigenvalue weighted by Gasteiger charge is 2.24. The average Bonchev–Trinajstić information content (AvgIpc) is 2.92. The number of hydrogen-bond acceptors (Lipinski definition) is 3. The minimum absolute atomic E-state index is 0.0283. The molecular weight excluding hydrogens is 238 g/mol. The summed E-state index contributed by atoms with van der Waals surface area (Å²) in [5.41, 5.74) is 0. The lowest BCUT2D eigenvalue weighted by Gasteiger charge is -2.28. The van der Waals surface area contributed by atoms with E-state index in [0.29, 0.717) is 5.92 Å². The Hall–Kier alpha value is -0.610. The fraction of sp³-hybridized carbons (Fsp3) is 0.933. The number of hydrogen-bond donors (Lipinski definition) is 2. The van der Waals surface area contributed by atoms with Gasteiger partial charge in [-0.15, -0.1) is 0 Å². The second-order valence-corrected chi connectivity index (χ2v) is 6.35. The van der Waals surface area contributed by atoms with Crippen LogP contribution in [0.3, 0.4) is 0 Å². The van der Waals surface area contributed by atoms with Crippen LogP contribution < -0.4 is 10.6 Å². The third-order valence-electron chi connectivity index (χ3n) is 4.69. The van der Waals surface area contributed by atoms with E-state index in [1.54, 1.807) is 0 Å². The van der Waals surface area contributed by atoms with Crippen LogP contribution in [0, 0.1) is 5.92 Å². The van der Waals surface area contributed by atoms with Crippen molar-refractivity contribution in [3.8, 4) is 0 Å². The van der Waals surface area contributed by atoms with Crippen LogP contribution in [-0.4, -0.2) is 49.6 Å². The first-order chi connectivity index (χ1) is 9.16. The van der Waals surface area contributed by atoms with Gasteiger partial charge >= 0.3 is 0 Å². The number of rotatable bonds is 5. The highest BCUT2D eigenvalue weighted by Crippen LogP contribution is 2.21. The number of nitrogens with one attached hydrogen (secondary N) is 2. The molecule has 1 aliphatic carbocycles. The molecule has 1 saturated carbocycles. The number of carbonyl (C=O) groups excluding carboxylic acids is 1. The molecule has 0 aromatic heterocycles. The van der Waals surface area contributed by atoms with Crippen molar-refractivity contribution in [2.24, 2.45) is 5.92 Å². The third-order valence-corrected chi connectivity index (χ3v) is 4.69. The zero-order valence-corrected chi connectivity index (χ0v) is 12.5. The lowest BCUT2D eigenvalue weighted by atomic mass is 9.94. The summed E-state index contributed by atoms with van der Waals surface area (Å²) in [5, 5.41) is 6.40. The molecule has 19 heavy (non-hydrogen) atoms. The summed E-state index contributed by atoms with van der Waals surface area (Å²) >= 11 is 0. The molecule has 2 fully saturated rings. The fourth-order valence-electron chi connectivity index (χ4n) is 3.31. The van der Waals surface area contributed by atoms with E-state index in [0.717, 1.165) is 32.1 Å². The molecule has 0 aromatic rings. The predicted octanol–water partition coefficient (Wildman–Crippen LogP) is 1.37. The molecule has 4 heteroatoms. The van der Waals surface area contributed by atoms with Crippen molar-refractivity contribution < 1.29 is 4.79 Å². The molecule has 2 unspecified atom stereocenters. The second kappa shape index (κ2) is 7.25. The van der Waals surface area contributed by atoms with Crippen molar-refractivity contribution >= 4 is 5.91 Å². The van der Waals surface area contributed by atoms with Gasteiger partial charge in [-0.05, 0) is 45.2 Å². The molecule has 1 saturated heterocycles. The topological polar surface area (TPSA) is 44.4 Å². The molecule has 4 nitrogen and oxygen atoms in total. The van der Waals surface area contributed by atoms with Gasteiger partial charge in [-0.1, -0.05) is 19.8 Å². The van der Waals surface area contributed by atoms with Crippen LogP contribution in [0.25, 0.3) is 0 Å². The molecule has 1 heterocycles. The van der Waals surface area contributed by atoms with Gasteiger partial charge in [0, 0.05) is 19.1 Å². The Labute approximate surface area is 117 Å². The second-order valence-electron chi connectivity index (χ2n) is 6.35. The standard InChI is InChI=1S/C15H29N3O/c1-12-7-8-16-14(11-12)15(19)17-9-10-18(2)13-5-3-4-6-13/h12-14,16H,3-11H2,1-2H3,(H,17,19). The van der Waals surface area contributed by atoms with Gasteiger partial charge in [0.2, 0.25) is 5.91 Å². The minimum atomic E-state index is 0.0283. The first-order valence-corrected chi connectivity index (χ1v) is 7.88. The predicted molar refractivity (Wildman–Crippen MR) is 78.1 cm³/mol. The summed E-state index contributed by atoms with van der Waals surface area (Å²) < 4.78 is 0. The van der Waals surface area contributed by atoms with Crippen LogP contribution in [0.2, 0.25) is 0 Å². The first kappa shape index (κ1) is 14.8. The Morgan fingerprint density at radius 1 is 1.32 bits per heavy atom. The zero-order valence-electron chi connectivity index (χ0n) is 12.5. The molecule has 0 bridgehead atoms. The molecule has 1 aliphatic heterocycles. The van der Waals surface area contributed by atoms with E-state index in [-0.39, 0.29) is 11.9 Å². The van der Waals surface area contributed by atoms with Crippen LogP contribution in [-0.2, 0) is 4.79 Å². The maximum atomic E-state index is 12.1. The smallest absolute Gasteiger partial charge is 0.237 e. The van der Waals surface area contributed by atoms with Gasteiger partial charge in [-0.2, -0.15) is 0 Å². The molecule has 2 N–H and O–H groups in total. The van der Waals surface area contributed by atoms with Gasteiger partial charge in [0.25, 0.3) is 0 Å². The Morgan fingerprint density at radius 2 is 2.05 bits per heavy atom. The quantitative estimate of drug-likeness (QED) is 0.790. The van der Waals surface area contributed by atoms with Gasteiger partial charge in [0.05, 0.1) is 6.04 Å². The van der Waals surface area contributed by atoms with Crippen molar-refractivity contribution in [2.75, 3.05) is 26.7 Å². The van der Waals surface area contributed by atoms with Crippen molar-refractivity contribution in [1.29, 1.82) is 0 Å². The fourth-order valence-corrected chi connectivity index (χ4v) is 3.31. The lowest BCUT2D eigenvalue weighted by Crippen LogP contribution is -2.49.